The molecule has 0 aliphatic rings. The molecule has 210 valence electrons. The Hall–Kier alpha value is -3.57. The van der Waals surface area contributed by atoms with Gasteiger partial charge >= 0.3 is 30.1 Å². The highest BCUT2D eigenvalue weighted by Crippen LogP contribution is 2.35. The fourth-order valence-electron chi connectivity index (χ4n) is 2.99. The minimum absolute atomic E-state index is 0.0134. The van der Waals surface area contributed by atoms with Crippen LogP contribution in [-0.2, 0) is 38.1 Å². The zero-order chi connectivity index (χ0) is 28.4. The summed E-state index contributed by atoms with van der Waals surface area (Å²) in [6.45, 7) is 15.1. The molecule has 0 fully saturated rings. The van der Waals surface area contributed by atoms with Crippen LogP contribution >= 0.6 is 0 Å². The summed E-state index contributed by atoms with van der Waals surface area (Å²) in [4.78, 5) is 59.1. The van der Waals surface area contributed by atoms with Crippen molar-refractivity contribution in [3.63, 3.8) is 0 Å². The van der Waals surface area contributed by atoms with Gasteiger partial charge in [-0.1, -0.05) is 40.9 Å². The number of esters is 3. The van der Waals surface area contributed by atoms with Crippen molar-refractivity contribution in [2.75, 3.05) is 39.5 Å². The number of nitrogens with one attached hydrogen (secondary N) is 2. The number of hydrogen-bond donors (Lipinski definition) is 2. The number of carbonyl (C=O) groups excluding carboxylic acids is 5. The van der Waals surface area contributed by atoms with Crippen LogP contribution in [-0.4, -0.2) is 75.7 Å². The number of amides is 2. The average molecular weight is 529 g/mol. The van der Waals surface area contributed by atoms with E-state index in [4.69, 9.17) is 23.7 Å². The van der Waals surface area contributed by atoms with Crippen LogP contribution < -0.4 is 10.6 Å². The lowest BCUT2D eigenvalue weighted by Gasteiger charge is -2.33. The van der Waals surface area contributed by atoms with E-state index in [-0.39, 0.29) is 44.7 Å². The van der Waals surface area contributed by atoms with Crippen LogP contribution in [0.2, 0.25) is 0 Å². The van der Waals surface area contributed by atoms with Gasteiger partial charge < -0.3 is 34.3 Å². The highest BCUT2D eigenvalue weighted by atomic mass is 16.6. The molecule has 0 saturated carbocycles. The first-order valence-corrected chi connectivity index (χ1v) is 12.0. The minimum Gasteiger partial charge on any atom is -0.461 e. The standard InChI is InChI=1S/C25H40N2O10/c1-8-20(28)33-12-10-26-23(31)36-16-19(37-24(32)27-11-13-34-21(29)9-2)15-35-22(30)25(7,18(5)6)14-17(3)4/h8-9,17-19H,1-2,10-16H2,3-7H3,(H,26,31)(H,27,32)/t19?,25-/m0/s1. The lowest BCUT2D eigenvalue weighted by atomic mass is 9.73. The van der Waals surface area contributed by atoms with E-state index < -0.39 is 48.2 Å². The van der Waals surface area contributed by atoms with E-state index in [2.05, 4.69) is 23.8 Å². The molecule has 2 atom stereocenters. The summed E-state index contributed by atoms with van der Waals surface area (Å²) < 4.78 is 25.2. The summed E-state index contributed by atoms with van der Waals surface area (Å²) in [7, 11) is 0. The van der Waals surface area contributed by atoms with Gasteiger partial charge in [-0.25, -0.2) is 19.2 Å². The lowest BCUT2D eigenvalue weighted by molar-refractivity contribution is -0.162. The molecule has 2 amide bonds. The number of rotatable bonds is 17. The highest BCUT2D eigenvalue weighted by molar-refractivity contribution is 5.81. The molecule has 0 rings (SSSR count). The Balaban J connectivity index is 5.01. The molecule has 0 saturated heterocycles. The number of ether oxygens (including phenoxy) is 5. The number of hydrogen-bond acceptors (Lipinski definition) is 10. The van der Waals surface area contributed by atoms with Gasteiger partial charge in [0, 0.05) is 12.2 Å². The van der Waals surface area contributed by atoms with Crippen LogP contribution in [0.3, 0.4) is 0 Å². The quantitative estimate of drug-likeness (QED) is 0.124. The lowest BCUT2D eigenvalue weighted by Crippen LogP contribution is -2.41. The van der Waals surface area contributed by atoms with Crippen molar-refractivity contribution in [2.45, 2.75) is 47.1 Å². The van der Waals surface area contributed by atoms with Crippen LogP contribution in [0.1, 0.15) is 41.0 Å². The zero-order valence-corrected chi connectivity index (χ0v) is 22.3. The SMILES string of the molecule is C=CC(=O)OCCNC(=O)OCC(COC(=O)[C@@](C)(CC(C)C)C(C)C)OC(=O)NCCOC(=O)C=C. The smallest absolute Gasteiger partial charge is 0.407 e. The summed E-state index contributed by atoms with van der Waals surface area (Å²) in [5.41, 5.74) is -0.767. The van der Waals surface area contributed by atoms with Crippen molar-refractivity contribution >= 4 is 30.1 Å². The Kier molecular flexibility index (Phi) is 16.1. The Morgan fingerprint density at radius 1 is 0.784 bits per heavy atom. The van der Waals surface area contributed by atoms with Gasteiger partial charge in [0.1, 0.15) is 26.4 Å². The van der Waals surface area contributed by atoms with Gasteiger partial charge in [-0.15, -0.1) is 0 Å². The van der Waals surface area contributed by atoms with Crippen molar-refractivity contribution in [1.29, 1.82) is 0 Å². The van der Waals surface area contributed by atoms with Crippen LogP contribution in [0, 0.1) is 17.3 Å². The summed E-state index contributed by atoms with van der Waals surface area (Å²) in [5.74, 6) is -1.52. The maximum atomic E-state index is 12.9. The number of carbonyl (C=O) groups is 5. The monoisotopic (exact) mass is 528 g/mol. The predicted molar refractivity (Wildman–Crippen MR) is 133 cm³/mol. The maximum Gasteiger partial charge on any atom is 0.407 e. The average Bonchev–Trinajstić information content (AvgIpc) is 2.84. The van der Waals surface area contributed by atoms with Crippen LogP contribution in [0.4, 0.5) is 9.59 Å². The van der Waals surface area contributed by atoms with Crippen LogP contribution in [0.15, 0.2) is 25.3 Å². The second-order valence-corrected chi connectivity index (χ2v) is 8.99. The van der Waals surface area contributed by atoms with Crippen LogP contribution in [0.25, 0.3) is 0 Å². The first-order valence-electron chi connectivity index (χ1n) is 12.0. The van der Waals surface area contributed by atoms with Gasteiger partial charge in [-0.2, -0.15) is 0 Å². The van der Waals surface area contributed by atoms with E-state index in [0.717, 1.165) is 12.2 Å². The van der Waals surface area contributed by atoms with E-state index in [9.17, 15) is 24.0 Å². The third-order valence-corrected chi connectivity index (χ3v) is 5.21. The first kappa shape index (κ1) is 33.4. The Morgan fingerprint density at radius 2 is 1.27 bits per heavy atom. The van der Waals surface area contributed by atoms with Gasteiger partial charge in [-0.3, -0.25) is 4.79 Å². The molecule has 0 aliphatic carbocycles. The third-order valence-electron chi connectivity index (χ3n) is 5.21. The van der Waals surface area contributed by atoms with E-state index in [1.165, 1.54) is 0 Å². The molecular formula is C25H40N2O10. The molecule has 0 bridgehead atoms. The molecule has 12 nitrogen and oxygen atoms in total. The predicted octanol–water partition coefficient (Wildman–Crippen LogP) is 2.52. The van der Waals surface area contributed by atoms with Crippen molar-refractivity contribution in [3.05, 3.63) is 25.3 Å². The summed E-state index contributed by atoms with van der Waals surface area (Å²) in [6.07, 6.45) is -0.323. The van der Waals surface area contributed by atoms with Crippen molar-refractivity contribution in [2.24, 2.45) is 17.3 Å². The molecule has 0 radical (unpaired) electrons. The number of alkyl carbamates (subject to hydrolysis) is 2. The Bertz CT molecular complexity index is 796. The maximum absolute atomic E-state index is 12.9. The van der Waals surface area contributed by atoms with E-state index in [1.54, 1.807) is 0 Å². The van der Waals surface area contributed by atoms with Crippen molar-refractivity contribution in [3.8, 4) is 0 Å². The van der Waals surface area contributed by atoms with Crippen molar-refractivity contribution in [1.82, 2.24) is 10.6 Å². The summed E-state index contributed by atoms with van der Waals surface area (Å²) in [6, 6.07) is 0. The molecule has 0 aromatic carbocycles. The molecule has 1 unspecified atom stereocenters. The second kappa shape index (κ2) is 17.8. The molecule has 12 heteroatoms. The molecule has 0 spiro atoms. The highest BCUT2D eigenvalue weighted by Gasteiger charge is 2.39. The normalized spacial score (nSPS) is 12.9. The molecular weight excluding hydrogens is 488 g/mol. The Labute approximate surface area is 218 Å². The third kappa shape index (κ3) is 14.6. The van der Waals surface area contributed by atoms with Gasteiger partial charge in [0.2, 0.25) is 0 Å². The van der Waals surface area contributed by atoms with E-state index >= 15 is 0 Å². The fourth-order valence-corrected chi connectivity index (χ4v) is 2.99. The minimum atomic E-state index is -1.13. The topological polar surface area (TPSA) is 156 Å². The van der Waals surface area contributed by atoms with Gasteiger partial charge in [-0.05, 0) is 25.2 Å². The van der Waals surface area contributed by atoms with Gasteiger partial charge in [0.25, 0.3) is 0 Å². The van der Waals surface area contributed by atoms with Gasteiger partial charge in [0.05, 0.1) is 18.5 Å². The molecule has 0 aromatic rings. The largest absolute Gasteiger partial charge is 0.461 e. The van der Waals surface area contributed by atoms with Gasteiger partial charge in [0.15, 0.2) is 6.10 Å². The zero-order valence-electron chi connectivity index (χ0n) is 22.3. The van der Waals surface area contributed by atoms with Crippen molar-refractivity contribution < 1.29 is 47.7 Å². The molecule has 0 aliphatic heterocycles. The molecule has 0 aromatic heterocycles. The Morgan fingerprint density at radius 3 is 1.73 bits per heavy atom. The summed E-state index contributed by atoms with van der Waals surface area (Å²) >= 11 is 0. The second-order valence-electron chi connectivity index (χ2n) is 8.99. The fraction of sp³-hybridized carbons (Fsp3) is 0.640. The molecule has 37 heavy (non-hydrogen) atoms. The molecule has 2 N–H and O–H groups in total. The van der Waals surface area contributed by atoms with E-state index in [0.29, 0.717) is 6.42 Å². The summed E-state index contributed by atoms with van der Waals surface area (Å²) in [5, 5.41) is 4.74. The van der Waals surface area contributed by atoms with Crippen LogP contribution in [0.5, 0.6) is 0 Å². The van der Waals surface area contributed by atoms with E-state index in [1.807, 2.05) is 34.6 Å². The first-order chi connectivity index (χ1) is 17.3. The molecule has 0 heterocycles.